The van der Waals surface area contributed by atoms with Crippen molar-refractivity contribution < 1.29 is 24.8 Å². The van der Waals surface area contributed by atoms with Gasteiger partial charge in [-0.15, -0.1) is 0 Å². The van der Waals surface area contributed by atoms with Crippen molar-refractivity contribution in [2.24, 2.45) is 0 Å². The van der Waals surface area contributed by atoms with Crippen molar-refractivity contribution >= 4 is 0 Å². The number of aliphatic hydroxyl groups is 3. The molecule has 0 aromatic rings. The van der Waals surface area contributed by atoms with E-state index in [0.29, 0.717) is 6.61 Å². The quantitative estimate of drug-likeness (QED) is 0.425. The Morgan fingerprint density at radius 3 is 2.25 bits per heavy atom. The van der Waals surface area contributed by atoms with Crippen LogP contribution >= 0.6 is 0 Å². The van der Waals surface area contributed by atoms with Gasteiger partial charge in [0.05, 0.1) is 19.8 Å². The zero-order valence-electron chi connectivity index (χ0n) is 7.14. The van der Waals surface area contributed by atoms with Gasteiger partial charge in [0.1, 0.15) is 6.10 Å². The van der Waals surface area contributed by atoms with Crippen molar-refractivity contribution in [3.8, 4) is 0 Å². The normalized spacial score (nSPS) is 16.0. The lowest BCUT2D eigenvalue weighted by Crippen LogP contribution is -2.28. The molecule has 0 spiro atoms. The maximum absolute atomic E-state index is 8.86. The lowest BCUT2D eigenvalue weighted by Gasteiger charge is -2.16. The Morgan fingerprint density at radius 1 is 1.17 bits per heavy atom. The fourth-order valence-corrected chi connectivity index (χ4v) is 0.611. The highest BCUT2D eigenvalue weighted by atomic mass is 16.7. The lowest BCUT2D eigenvalue weighted by atomic mass is 10.4. The van der Waals surface area contributed by atoms with Gasteiger partial charge in [0.25, 0.3) is 0 Å². The fourth-order valence-electron chi connectivity index (χ4n) is 0.611. The molecule has 5 nitrogen and oxygen atoms in total. The average molecular weight is 180 g/mol. The average Bonchev–Trinajstić information content (AvgIpc) is 2.11. The molecule has 0 aliphatic rings. The second kappa shape index (κ2) is 7.45. The molecule has 0 bridgehead atoms. The molecular formula is C7H16O5. The molecule has 0 rings (SSSR count). The molecule has 12 heavy (non-hydrogen) atoms. The zero-order valence-corrected chi connectivity index (χ0v) is 7.14. The third kappa shape index (κ3) is 5.45. The first-order valence-corrected chi connectivity index (χ1v) is 3.87. The predicted octanol–water partition coefficient (Wildman–Crippen LogP) is -1.29. The molecule has 3 N–H and O–H groups in total. The number of aliphatic hydroxyl groups excluding tert-OH is 3. The van der Waals surface area contributed by atoms with Gasteiger partial charge in [0.15, 0.2) is 6.29 Å². The maximum atomic E-state index is 8.86. The first-order chi connectivity index (χ1) is 5.74. The minimum atomic E-state index is -0.917. The van der Waals surface area contributed by atoms with Gasteiger partial charge < -0.3 is 24.8 Å². The van der Waals surface area contributed by atoms with Gasteiger partial charge in [0.2, 0.25) is 0 Å². The topological polar surface area (TPSA) is 79.2 Å². The summed E-state index contributed by atoms with van der Waals surface area (Å²) < 4.78 is 9.82. The summed E-state index contributed by atoms with van der Waals surface area (Å²) in [5, 5.41) is 25.9. The zero-order chi connectivity index (χ0) is 9.40. The van der Waals surface area contributed by atoms with Gasteiger partial charge in [-0.3, -0.25) is 0 Å². The molecule has 0 aromatic carbocycles. The SMILES string of the molecule is CCOC(CO)OCC(O)CO. The summed E-state index contributed by atoms with van der Waals surface area (Å²) in [5.41, 5.74) is 0. The molecule has 0 heterocycles. The minimum Gasteiger partial charge on any atom is -0.394 e. The first-order valence-electron chi connectivity index (χ1n) is 3.87. The van der Waals surface area contributed by atoms with E-state index in [-0.39, 0.29) is 19.8 Å². The van der Waals surface area contributed by atoms with Crippen LogP contribution in [-0.4, -0.2) is 54.1 Å². The fraction of sp³-hybridized carbons (Fsp3) is 1.00. The molecule has 2 atom stereocenters. The van der Waals surface area contributed by atoms with Gasteiger partial charge in [0, 0.05) is 6.61 Å². The Labute approximate surface area is 71.5 Å². The second-order valence-corrected chi connectivity index (χ2v) is 2.24. The smallest absolute Gasteiger partial charge is 0.180 e. The molecule has 2 unspecified atom stereocenters. The van der Waals surface area contributed by atoms with Crippen molar-refractivity contribution in [1.82, 2.24) is 0 Å². The Bertz CT molecular complexity index is 97.8. The Hall–Kier alpha value is -0.200. The van der Waals surface area contributed by atoms with Crippen LogP contribution in [0.3, 0.4) is 0 Å². The van der Waals surface area contributed by atoms with Crippen molar-refractivity contribution in [2.45, 2.75) is 19.3 Å². The molecule has 0 saturated carbocycles. The van der Waals surface area contributed by atoms with E-state index in [0.717, 1.165) is 0 Å². The summed E-state index contributed by atoms with van der Waals surface area (Å²) in [5.74, 6) is 0. The molecule has 0 saturated heterocycles. The summed E-state index contributed by atoms with van der Waals surface area (Å²) in [4.78, 5) is 0. The predicted molar refractivity (Wildman–Crippen MR) is 41.5 cm³/mol. The highest BCUT2D eigenvalue weighted by Crippen LogP contribution is 1.95. The number of hydrogen-bond acceptors (Lipinski definition) is 5. The van der Waals surface area contributed by atoms with Gasteiger partial charge >= 0.3 is 0 Å². The Morgan fingerprint density at radius 2 is 1.83 bits per heavy atom. The maximum Gasteiger partial charge on any atom is 0.180 e. The third-order valence-electron chi connectivity index (χ3n) is 1.19. The van der Waals surface area contributed by atoms with E-state index in [1.807, 2.05) is 0 Å². The van der Waals surface area contributed by atoms with Gasteiger partial charge in [-0.2, -0.15) is 0 Å². The molecule has 0 aliphatic heterocycles. The van der Waals surface area contributed by atoms with Crippen LogP contribution < -0.4 is 0 Å². The highest BCUT2D eigenvalue weighted by Gasteiger charge is 2.09. The van der Waals surface area contributed by atoms with Gasteiger partial charge in [-0.25, -0.2) is 0 Å². The Balaban J connectivity index is 3.43. The molecule has 0 fully saturated rings. The van der Waals surface area contributed by atoms with Gasteiger partial charge in [-0.05, 0) is 6.92 Å². The molecule has 5 heteroatoms. The van der Waals surface area contributed by atoms with Crippen LogP contribution in [0.25, 0.3) is 0 Å². The van der Waals surface area contributed by atoms with Crippen LogP contribution in [0.15, 0.2) is 0 Å². The van der Waals surface area contributed by atoms with Crippen molar-refractivity contribution in [3.63, 3.8) is 0 Å². The Kier molecular flexibility index (Phi) is 7.33. The second-order valence-electron chi connectivity index (χ2n) is 2.24. The largest absolute Gasteiger partial charge is 0.394 e. The molecule has 0 aromatic heterocycles. The number of ether oxygens (including phenoxy) is 2. The molecule has 0 aliphatic carbocycles. The van der Waals surface area contributed by atoms with Crippen LogP contribution in [0.2, 0.25) is 0 Å². The summed E-state index contributed by atoms with van der Waals surface area (Å²) in [6, 6.07) is 0. The standard InChI is InChI=1S/C7H16O5/c1-2-11-7(4-9)12-5-6(10)3-8/h6-10H,2-5H2,1H3. The van der Waals surface area contributed by atoms with Crippen molar-refractivity contribution in [1.29, 1.82) is 0 Å². The first kappa shape index (κ1) is 11.8. The minimum absolute atomic E-state index is 0.0400. The van der Waals surface area contributed by atoms with E-state index in [2.05, 4.69) is 0 Å². The molecule has 0 amide bonds. The number of hydrogen-bond donors (Lipinski definition) is 3. The number of rotatable bonds is 7. The van der Waals surface area contributed by atoms with Crippen LogP contribution in [0.4, 0.5) is 0 Å². The van der Waals surface area contributed by atoms with E-state index in [4.69, 9.17) is 24.8 Å². The monoisotopic (exact) mass is 180 g/mol. The third-order valence-corrected chi connectivity index (χ3v) is 1.19. The van der Waals surface area contributed by atoms with Crippen molar-refractivity contribution in [2.75, 3.05) is 26.4 Å². The highest BCUT2D eigenvalue weighted by molar-refractivity contribution is 4.50. The van der Waals surface area contributed by atoms with E-state index >= 15 is 0 Å². The van der Waals surface area contributed by atoms with E-state index in [1.165, 1.54) is 0 Å². The molecule has 0 radical (unpaired) electrons. The lowest BCUT2D eigenvalue weighted by molar-refractivity contribution is -0.175. The summed E-state index contributed by atoms with van der Waals surface area (Å²) >= 11 is 0. The van der Waals surface area contributed by atoms with E-state index in [9.17, 15) is 0 Å². The van der Waals surface area contributed by atoms with Gasteiger partial charge in [-0.1, -0.05) is 0 Å². The summed E-state index contributed by atoms with van der Waals surface area (Å²) in [7, 11) is 0. The van der Waals surface area contributed by atoms with Crippen LogP contribution in [0.1, 0.15) is 6.92 Å². The summed E-state index contributed by atoms with van der Waals surface area (Å²) in [6.07, 6.45) is -1.63. The molecule has 74 valence electrons. The van der Waals surface area contributed by atoms with Crippen LogP contribution in [0, 0.1) is 0 Å². The van der Waals surface area contributed by atoms with Crippen LogP contribution in [-0.2, 0) is 9.47 Å². The van der Waals surface area contributed by atoms with Crippen LogP contribution in [0.5, 0.6) is 0 Å². The molecular weight excluding hydrogens is 164 g/mol. The van der Waals surface area contributed by atoms with Crippen molar-refractivity contribution in [3.05, 3.63) is 0 Å². The summed E-state index contributed by atoms with van der Waals surface area (Å²) in [6.45, 7) is 1.55. The van der Waals surface area contributed by atoms with E-state index in [1.54, 1.807) is 6.92 Å². The van der Waals surface area contributed by atoms with E-state index < -0.39 is 12.4 Å².